The molecule has 1 fully saturated rings. The molecule has 0 saturated heterocycles. The van der Waals surface area contributed by atoms with Gasteiger partial charge in [-0.15, -0.1) is 0 Å². The van der Waals surface area contributed by atoms with E-state index in [-0.39, 0.29) is 24.3 Å². The standard InChI is InChI=1S/C15H20BrN3O2/c16-12-9-18-7-6-11(12)15(21)19-13(8-14(17)20)10-4-2-1-3-5-10/h6-7,9-10,13H,1-5,8H2,(H2,17,20)(H,19,21). The number of primary amides is 1. The molecule has 2 rings (SSSR count). The average molecular weight is 354 g/mol. The van der Waals surface area contributed by atoms with Crippen molar-refractivity contribution in [1.82, 2.24) is 10.3 Å². The van der Waals surface area contributed by atoms with Gasteiger partial charge in [-0.2, -0.15) is 0 Å². The molecule has 1 atom stereocenters. The van der Waals surface area contributed by atoms with Crippen LogP contribution in [0.25, 0.3) is 0 Å². The minimum atomic E-state index is -0.375. The highest BCUT2D eigenvalue weighted by molar-refractivity contribution is 9.10. The molecule has 114 valence electrons. The largest absolute Gasteiger partial charge is 0.370 e. The molecule has 0 aliphatic heterocycles. The van der Waals surface area contributed by atoms with Gasteiger partial charge >= 0.3 is 0 Å². The van der Waals surface area contributed by atoms with Gasteiger partial charge in [0.15, 0.2) is 0 Å². The van der Waals surface area contributed by atoms with Crippen LogP contribution in [-0.2, 0) is 4.79 Å². The second-order valence-corrected chi connectivity index (χ2v) is 6.36. The van der Waals surface area contributed by atoms with E-state index in [1.807, 2.05) is 0 Å². The van der Waals surface area contributed by atoms with Gasteiger partial charge in [0, 0.05) is 29.3 Å². The fourth-order valence-corrected chi connectivity index (χ4v) is 3.32. The van der Waals surface area contributed by atoms with Crippen molar-refractivity contribution in [2.45, 2.75) is 44.6 Å². The lowest BCUT2D eigenvalue weighted by atomic mass is 9.82. The topological polar surface area (TPSA) is 85.1 Å². The van der Waals surface area contributed by atoms with Crippen LogP contribution in [0.4, 0.5) is 0 Å². The van der Waals surface area contributed by atoms with E-state index in [0.29, 0.717) is 16.0 Å². The number of nitrogens with two attached hydrogens (primary N) is 1. The first-order valence-electron chi connectivity index (χ1n) is 7.26. The van der Waals surface area contributed by atoms with E-state index in [1.165, 1.54) is 6.42 Å². The van der Waals surface area contributed by atoms with E-state index < -0.39 is 0 Å². The Labute approximate surface area is 132 Å². The van der Waals surface area contributed by atoms with Gasteiger partial charge in [-0.3, -0.25) is 14.6 Å². The predicted molar refractivity (Wildman–Crippen MR) is 83.6 cm³/mol. The van der Waals surface area contributed by atoms with Gasteiger partial charge in [-0.05, 0) is 40.8 Å². The summed E-state index contributed by atoms with van der Waals surface area (Å²) in [6, 6.07) is 1.47. The molecule has 1 aromatic rings. The molecule has 21 heavy (non-hydrogen) atoms. The number of nitrogens with zero attached hydrogens (tertiary/aromatic N) is 1. The third-order valence-corrected chi connectivity index (χ3v) is 4.61. The summed E-state index contributed by atoms with van der Waals surface area (Å²) < 4.78 is 0.643. The van der Waals surface area contributed by atoms with Crippen molar-refractivity contribution in [3.8, 4) is 0 Å². The number of aromatic nitrogens is 1. The van der Waals surface area contributed by atoms with Crippen molar-refractivity contribution in [2.75, 3.05) is 0 Å². The lowest BCUT2D eigenvalue weighted by molar-refractivity contribution is -0.118. The molecular formula is C15H20BrN3O2. The quantitative estimate of drug-likeness (QED) is 0.852. The zero-order valence-electron chi connectivity index (χ0n) is 11.8. The number of hydrogen-bond donors (Lipinski definition) is 2. The van der Waals surface area contributed by atoms with Crippen LogP contribution in [-0.4, -0.2) is 22.8 Å². The number of halogens is 1. The second kappa shape index (κ2) is 7.54. The highest BCUT2D eigenvalue weighted by Gasteiger charge is 2.27. The van der Waals surface area contributed by atoms with Gasteiger partial charge in [0.05, 0.1) is 5.56 Å². The summed E-state index contributed by atoms with van der Waals surface area (Å²) in [6.07, 6.45) is 8.94. The lowest BCUT2D eigenvalue weighted by Gasteiger charge is -2.30. The van der Waals surface area contributed by atoms with Crippen LogP contribution in [0.5, 0.6) is 0 Å². The molecule has 1 saturated carbocycles. The van der Waals surface area contributed by atoms with Crippen molar-refractivity contribution >= 4 is 27.7 Å². The van der Waals surface area contributed by atoms with Crippen LogP contribution < -0.4 is 11.1 Å². The molecule has 1 aromatic heterocycles. The Hall–Kier alpha value is -1.43. The highest BCUT2D eigenvalue weighted by atomic mass is 79.9. The van der Waals surface area contributed by atoms with Crippen molar-refractivity contribution in [2.24, 2.45) is 11.7 Å². The summed E-state index contributed by atoms with van der Waals surface area (Å²) in [4.78, 5) is 27.6. The van der Waals surface area contributed by atoms with Gasteiger partial charge in [0.1, 0.15) is 0 Å². The third-order valence-electron chi connectivity index (χ3n) is 3.97. The van der Waals surface area contributed by atoms with E-state index in [2.05, 4.69) is 26.2 Å². The average Bonchev–Trinajstić information content (AvgIpc) is 2.47. The molecular weight excluding hydrogens is 334 g/mol. The number of carbonyl (C=O) groups is 2. The maximum absolute atomic E-state index is 12.4. The molecule has 2 amide bonds. The fourth-order valence-electron chi connectivity index (χ4n) is 2.89. The predicted octanol–water partition coefficient (Wildman–Crippen LogP) is 2.40. The summed E-state index contributed by atoms with van der Waals surface area (Å²) >= 11 is 3.32. The van der Waals surface area contributed by atoms with Crippen LogP contribution in [0.2, 0.25) is 0 Å². The summed E-state index contributed by atoms with van der Waals surface area (Å²) in [5, 5.41) is 2.98. The first kappa shape index (κ1) is 15.9. The SMILES string of the molecule is NC(=O)CC(NC(=O)c1ccncc1Br)C1CCCCC1. The molecule has 1 unspecified atom stereocenters. The van der Waals surface area contributed by atoms with Gasteiger partial charge in [0.25, 0.3) is 5.91 Å². The van der Waals surface area contributed by atoms with E-state index in [9.17, 15) is 9.59 Å². The monoisotopic (exact) mass is 353 g/mol. The van der Waals surface area contributed by atoms with E-state index in [4.69, 9.17) is 5.73 Å². The van der Waals surface area contributed by atoms with Crippen LogP contribution >= 0.6 is 15.9 Å². The Morgan fingerprint density at radius 1 is 1.38 bits per heavy atom. The minimum Gasteiger partial charge on any atom is -0.370 e. The summed E-state index contributed by atoms with van der Waals surface area (Å²) in [5.74, 6) is -0.239. The molecule has 1 aliphatic rings. The summed E-state index contributed by atoms with van der Waals surface area (Å²) in [7, 11) is 0. The normalized spacial score (nSPS) is 17.2. The highest BCUT2D eigenvalue weighted by Crippen LogP contribution is 2.28. The molecule has 0 bridgehead atoms. The van der Waals surface area contributed by atoms with E-state index in [0.717, 1.165) is 25.7 Å². The maximum atomic E-state index is 12.4. The van der Waals surface area contributed by atoms with Gasteiger partial charge in [0.2, 0.25) is 5.91 Å². The zero-order chi connectivity index (χ0) is 15.2. The van der Waals surface area contributed by atoms with E-state index in [1.54, 1.807) is 18.5 Å². The molecule has 0 radical (unpaired) electrons. The fraction of sp³-hybridized carbons (Fsp3) is 0.533. The number of nitrogens with one attached hydrogen (secondary N) is 1. The van der Waals surface area contributed by atoms with Crippen molar-refractivity contribution < 1.29 is 9.59 Å². The van der Waals surface area contributed by atoms with Crippen LogP contribution in [0.3, 0.4) is 0 Å². The Morgan fingerprint density at radius 3 is 2.71 bits per heavy atom. The van der Waals surface area contributed by atoms with Gasteiger partial charge in [-0.1, -0.05) is 19.3 Å². The Bertz CT molecular complexity index is 515. The number of pyridine rings is 1. The molecule has 5 nitrogen and oxygen atoms in total. The van der Waals surface area contributed by atoms with Crippen molar-refractivity contribution in [3.05, 3.63) is 28.5 Å². The van der Waals surface area contributed by atoms with Gasteiger partial charge < -0.3 is 11.1 Å². The summed E-state index contributed by atoms with van der Waals surface area (Å²) in [6.45, 7) is 0. The lowest BCUT2D eigenvalue weighted by Crippen LogP contribution is -2.43. The molecule has 1 heterocycles. The van der Waals surface area contributed by atoms with Crippen LogP contribution in [0.15, 0.2) is 22.9 Å². The third kappa shape index (κ3) is 4.52. The van der Waals surface area contributed by atoms with E-state index >= 15 is 0 Å². The van der Waals surface area contributed by atoms with Gasteiger partial charge in [-0.25, -0.2) is 0 Å². The molecule has 6 heteroatoms. The zero-order valence-corrected chi connectivity index (χ0v) is 13.4. The Kier molecular flexibility index (Phi) is 5.73. The van der Waals surface area contributed by atoms with Crippen molar-refractivity contribution in [1.29, 1.82) is 0 Å². The maximum Gasteiger partial charge on any atom is 0.252 e. The number of amides is 2. The van der Waals surface area contributed by atoms with Crippen LogP contribution in [0, 0.1) is 5.92 Å². The Morgan fingerprint density at radius 2 is 2.10 bits per heavy atom. The Balaban J connectivity index is 2.08. The smallest absolute Gasteiger partial charge is 0.252 e. The number of carbonyl (C=O) groups excluding carboxylic acids is 2. The number of hydrogen-bond acceptors (Lipinski definition) is 3. The molecule has 1 aliphatic carbocycles. The first-order valence-corrected chi connectivity index (χ1v) is 8.06. The molecule has 3 N–H and O–H groups in total. The number of rotatable bonds is 5. The molecule has 0 aromatic carbocycles. The second-order valence-electron chi connectivity index (χ2n) is 5.50. The van der Waals surface area contributed by atoms with Crippen LogP contribution in [0.1, 0.15) is 48.9 Å². The minimum absolute atomic E-state index is 0.185. The summed E-state index contributed by atoms with van der Waals surface area (Å²) in [5.41, 5.74) is 5.86. The van der Waals surface area contributed by atoms with Crippen molar-refractivity contribution in [3.63, 3.8) is 0 Å². The first-order chi connectivity index (χ1) is 10.1. The molecule has 0 spiro atoms.